The number of aliphatic carboxylic acids is 1. The monoisotopic (exact) mass is 982 g/mol. The number of nitrogens with two attached hydrogens (primary N) is 3. The third-order valence-electron chi connectivity index (χ3n) is 11.0. The van der Waals surface area contributed by atoms with Gasteiger partial charge in [-0.2, -0.15) is 0 Å². The van der Waals surface area contributed by atoms with Gasteiger partial charge in [0.1, 0.15) is 30.2 Å². The van der Waals surface area contributed by atoms with Crippen LogP contribution in [0.4, 0.5) is 0 Å². The van der Waals surface area contributed by atoms with Crippen molar-refractivity contribution in [2.24, 2.45) is 29.0 Å². The lowest BCUT2D eigenvalue weighted by Crippen LogP contribution is -2.59. The van der Waals surface area contributed by atoms with E-state index in [1.807, 2.05) is 13.8 Å². The van der Waals surface area contributed by atoms with Gasteiger partial charge in [-0.25, -0.2) is 4.98 Å². The molecule has 3 aromatic rings. The van der Waals surface area contributed by atoms with E-state index in [0.29, 0.717) is 23.1 Å². The zero-order chi connectivity index (χ0) is 52.2. The highest BCUT2D eigenvalue weighted by atomic mass is 16.4. The van der Waals surface area contributed by atoms with Crippen molar-refractivity contribution >= 4 is 70.0 Å². The number of aliphatic hydroxyl groups is 1. The van der Waals surface area contributed by atoms with Gasteiger partial charge in [-0.1, -0.05) is 45.9 Å². The maximum absolute atomic E-state index is 14.0. The average molecular weight is 982 g/mol. The molecule has 3 rings (SSSR count). The number of carboxylic acid groups (broad SMARTS) is 1. The molecule has 2 aromatic heterocycles. The van der Waals surface area contributed by atoms with E-state index in [2.05, 4.69) is 52.2 Å². The molecule has 0 aliphatic heterocycles. The van der Waals surface area contributed by atoms with Crippen LogP contribution in [0.2, 0.25) is 0 Å². The number of para-hydroxylation sites is 1. The summed E-state index contributed by atoms with van der Waals surface area (Å²) in [5.74, 6) is -9.28. The lowest BCUT2D eigenvalue weighted by atomic mass is 9.98. The summed E-state index contributed by atoms with van der Waals surface area (Å²) in [5, 5.41) is 37.3. The van der Waals surface area contributed by atoms with Crippen molar-refractivity contribution in [1.82, 2.24) is 52.2 Å². The molecule has 0 spiro atoms. The average Bonchev–Trinajstić information content (AvgIpc) is 3.96. The van der Waals surface area contributed by atoms with Gasteiger partial charge >= 0.3 is 5.97 Å². The molecule has 0 bridgehead atoms. The predicted molar refractivity (Wildman–Crippen MR) is 252 cm³/mol. The summed E-state index contributed by atoms with van der Waals surface area (Å²) < 4.78 is 0. The minimum Gasteiger partial charge on any atom is -0.481 e. The van der Waals surface area contributed by atoms with Crippen molar-refractivity contribution in [3.8, 4) is 0 Å². The number of hydrogen-bond donors (Lipinski definition) is 14. The number of imide groups is 1. The second kappa shape index (κ2) is 27.7. The number of nitrogens with one attached hydrogen (secondary N) is 9. The Kier molecular flexibility index (Phi) is 22.6. The Bertz CT molecular complexity index is 2300. The fourth-order valence-electron chi connectivity index (χ4n) is 7.11. The van der Waals surface area contributed by atoms with E-state index in [1.54, 1.807) is 44.3 Å². The van der Waals surface area contributed by atoms with Crippen LogP contribution in [0.25, 0.3) is 10.9 Å². The van der Waals surface area contributed by atoms with Crippen LogP contribution in [0.15, 0.2) is 43.0 Å². The smallest absolute Gasteiger partial charge is 0.303 e. The van der Waals surface area contributed by atoms with Crippen LogP contribution in [0, 0.1) is 11.8 Å². The molecular formula is C45H67N13O12. The van der Waals surface area contributed by atoms with Crippen LogP contribution in [-0.2, 0) is 60.8 Å². The minimum absolute atomic E-state index is 0.133. The topological polar surface area (TPSA) is 418 Å². The van der Waals surface area contributed by atoms with Gasteiger partial charge in [0.25, 0.3) is 0 Å². The van der Waals surface area contributed by atoms with E-state index in [4.69, 9.17) is 22.3 Å². The van der Waals surface area contributed by atoms with Gasteiger partial charge < -0.3 is 69.3 Å². The fraction of sp³-hybridized carbons (Fsp3) is 0.533. The van der Waals surface area contributed by atoms with Crippen molar-refractivity contribution in [2.45, 2.75) is 134 Å². The Labute approximate surface area is 403 Å². The highest BCUT2D eigenvalue weighted by Crippen LogP contribution is 2.20. The number of carbonyl (C=O) groups excluding carboxylic acids is 9. The van der Waals surface area contributed by atoms with E-state index < -0.39 is 133 Å². The Morgan fingerprint density at radius 3 is 2.00 bits per heavy atom. The van der Waals surface area contributed by atoms with Crippen molar-refractivity contribution in [3.63, 3.8) is 0 Å². The molecule has 0 radical (unpaired) electrons. The van der Waals surface area contributed by atoms with Crippen molar-refractivity contribution < 1.29 is 58.2 Å². The molecule has 0 fully saturated rings. The number of aromatic nitrogens is 3. The second-order valence-electron chi connectivity index (χ2n) is 17.8. The van der Waals surface area contributed by atoms with Crippen LogP contribution in [-0.4, -0.2) is 139 Å². The molecule has 384 valence electrons. The Morgan fingerprint density at radius 1 is 0.714 bits per heavy atom. The first-order valence-electron chi connectivity index (χ1n) is 22.8. The summed E-state index contributed by atoms with van der Waals surface area (Å²) in [6, 6.07) is -1.70. The van der Waals surface area contributed by atoms with Crippen molar-refractivity contribution in [1.29, 1.82) is 0 Å². The van der Waals surface area contributed by atoms with Crippen LogP contribution >= 0.6 is 0 Å². The first-order valence-corrected chi connectivity index (χ1v) is 22.8. The summed E-state index contributed by atoms with van der Waals surface area (Å²) in [7, 11) is 0. The molecule has 0 aliphatic carbocycles. The fourth-order valence-corrected chi connectivity index (χ4v) is 7.11. The maximum Gasteiger partial charge on any atom is 0.303 e. The zero-order valence-corrected chi connectivity index (χ0v) is 39.8. The molecule has 25 heteroatoms. The lowest BCUT2D eigenvalue weighted by Gasteiger charge is -2.26. The molecule has 25 nitrogen and oxygen atoms in total. The Morgan fingerprint density at radius 2 is 1.37 bits per heavy atom. The molecule has 0 saturated heterocycles. The number of H-pyrrole nitrogens is 2. The highest BCUT2D eigenvalue weighted by Gasteiger charge is 2.33. The minimum atomic E-state index is -1.45. The van der Waals surface area contributed by atoms with Gasteiger partial charge in [-0.15, -0.1) is 0 Å². The van der Waals surface area contributed by atoms with E-state index in [-0.39, 0.29) is 38.0 Å². The number of aliphatic hydroxyl groups excluding tert-OH is 1. The molecule has 17 N–H and O–H groups in total. The molecule has 9 amide bonds. The molecule has 8 atom stereocenters. The van der Waals surface area contributed by atoms with E-state index >= 15 is 0 Å². The van der Waals surface area contributed by atoms with Crippen LogP contribution in [0.1, 0.15) is 84.4 Å². The summed E-state index contributed by atoms with van der Waals surface area (Å²) in [6.45, 7) is 7.68. The van der Waals surface area contributed by atoms with E-state index in [1.165, 1.54) is 19.4 Å². The SMILES string of the molecule is CC(C)CC(N)C(O)CC(=O)NC(=O)[C@H](Cc1cnc[nH]1)NC(=O)CNC(=O)[C@@H](NC(=O)[C@H](C)NC(=O)[C@H](Cc1c[nH]c2ccccc12)NC(=O)[C@H](CCC(N)=O)NC(=O)[C@@H](N)CCC(=O)O)C(C)C. The predicted octanol–water partition coefficient (Wildman–Crippen LogP) is -2.88. The van der Waals surface area contributed by atoms with Gasteiger partial charge in [-0.05, 0) is 49.7 Å². The van der Waals surface area contributed by atoms with Gasteiger partial charge in [0, 0.05) is 60.7 Å². The van der Waals surface area contributed by atoms with Gasteiger partial charge in [0.15, 0.2) is 0 Å². The number of rotatable bonds is 29. The number of aromatic amines is 2. The lowest BCUT2D eigenvalue weighted by molar-refractivity contribution is -0.138. The molecule has 1 aromatic carbocycles. The van der Waals surface area contributed by atoms with E-state index in [9.17, 15) is 53.1 Å². The molecular weight excluding hydrogens is 915 g/mol. The first kappa shape index (κ1) is 57.1. The molecule has 0 saturated carbocycles. The third-order valence-corrected chi connectivity index (χ3v) is 11.0. The van der Waals surface area contributed by atoms with Crippen LogP contribution in [0.5, 0.6) is 0 Å². The first-order chi connectivity index (χ1) is 32.9. The summed E-state index contributed by atoms with van der Waals surface area (Å²) in [5.41, 5.74) is 18.9. The number of imidazole rings is 1. The third kappa shape index (κ3) is 19.0. The second-order valence-corrected chi connectivity index (χ2v) is 17.8. The highest BCUT2D eigenvalue weighted by molar-refractivity contribution is 6.00. The number of primary amides is 1. The van der Waals surface area contributed by atoms with Gasteiger partial charge in [-0.3, -0.25) is 53.3 Å². The van der Waals surface area contributed by atoms with Gasteiger partial charge in [0.2, 0.25) is 53.2 Å². The largest absolute Gasteiger partial charge is 0.481 e. The number of carboxylic acids is 1. The van der Waals surface area contributed by atoms with Crippen LogP contribution < -0.4 is 54.4 Å². The number of benzene rings is 1. The number of amides is 9. The van der Waals surface area contributed by atoms with Crippen LogP contribution in [0.3, 0.4) is 0 Å². The zero-order valence-electron chi connectivity index (χ0n) is 39.8. The summed E-state index contributed by atoms with van der Waals surface area (Å²) in [6.07, 6.45) is 1.49. The molecule has 0 aliphatic rings. The number of nitrogens with zero attached hydrogens (tertiary/aromatic N) is 1. The van der Waals surface area contributed by atoms with Crippen molar-refractivity contribution in [2.75, 3.05) is 6.54 Å². The molecule has 2 heterocycles. The number of fused-ring (bicyclic) bond motifs is 1. The Balaban J connectivity index is 1.71. The summed E-state index contributed by atoms with van der Waals surface area (Å²) in [4.78, 5) is 139. The van der Waals surface area contributed by atoms with Gasteiger partial charge in [0.05, 0.1) is 31.4 Å². The Hall–Kier alpha value is -7.25. The number of hydrogen-bond acceptors (Lipinski definition) is 14. The summed E-state index contributed by atoms with van der Waals surface area (Å²) >= 11 is 0. The maximum atomic E-state index is 14.0. The van der Waals surface area contributed by atoms with E-state index in [0.717, 1.165) is 5.52 Å². The molecule has 70 heavy (non-hydrogen) atoms. The quantitative estimate of drug-likeness (QED) is 0.0332. The normalized spacial score (nSPS) is 14.7. The van der Waals surface area contributed by atoms with Crippen molar-refractivity contribution in [3.05, 3.63) is 54.2 Å². The standard InChI is InChI=1S/C45H67N13O12/c1-22(2)14-29(47)34(59)17-36(61)57-44(69)33(16-26-19-49-21-52-26)54-37(62)20-51-45(70)39(23(3)4)58-40(65)24(5)53-43(68)32(15-25-18-50-30-9-7-6-8-27(25)30)56-42(67)31(11-12-35(48)60)55-41(66)28(46)10-13-38(63)64/h6-9,18-19,21-24,28-29,31-34,39,50,59H,10-17,20,46-47H2,1-5H3,(H2,48,60)(H,49,52)(H,51,70)(H,53,68)(H,54,62)(H,55,66)(H,56,67)(H,58,65)(H,63,64)(H,57,61,69)/t24-,28-,29?,31-,32-,33-,34?,39-/m0/s1. The molecule has 2 unspecified atom stereocenters. The number of carbonyl (C=O) groups is 10.